The summed E-state index contributed by atoms with van der Waals surface area (Å²) < 4.78 is 23.0. The predicted octanol–water partition coefficient (Wildman–Crippen LogP) is 3.98. The van der Waals surface area contributed by atoms with Crippen molar-refractivity contribution in [2.75, 3.05) is 6.54 Å². The van der Waals surface area contributed by atoms with Gasteiger partial charge in [-0.2, -0.15) is 0 Å². The average Bonchev–Trinajstić information content (AvgIpc) is 3.58. The van der Waals surface area contributed by atoms with Crippen molar-refractivity contribution in [3.63, 3.8) is 0 Å². The normalized spacial score (nSPS) is 20.4. The number of benzene rings is 2. The number of sulfonamides is 1. The third kappa shape index (κ3) is 4.83. The second kappa shape index (κ2) is 10.2. The fourth-order valence-corrected chi connectivity index (χ4v) is 6.84. The molecule has 5 rings (SSSR count). The van der Waals surface area contributed by atoms with Crippen molar-refractivity contribution in [3.8, 4) is 0 Å². The first-order valence-electron chi connectivity index (χ1n) is 12.2. The van der Waals surface area contributed by atoms with Crippen molar-refractivity contribution >= 4 is 33.2 Å². The van der Waals surface area contributed by atoms with Gasteiger partial charge in [0.1, 0.15) is 0 Å². The van der Waals surface area contributed by atoms with E-state index in [4.69, 9.17) is 5.14 Å². The van der Waals surface area contributed by atoms with Gasteiger partial charge in [0, 0.05) is 23.0 Å². The van der Waals surface area contributed by atoms with Crippen molar-refractivity contribution < 1.29 is 18.0 Å². The molecule has 9 heteroatoms. The van der Waals surface area contributed by atoms with Gasteiger partial charge in [-0.1, -0.05) is 49.2 Å². The molecule has 3 aromatic rings. The minimum absolute atomic E-state index is 0.00916. The van der Waals surface area contributed by atoms with Crippen LogP contribution in [0.3, 0.4) is 0 Å². The Kier molecular flexibility index (Phi) is 6.96. The maximum atomic E-state index is 13.8. The van der Waals surface area contributed by atoms with E-state index in [0.29, 0.717) is 18.5 Å². The molecule has 0 spiro atoms. The lowest BCUT2D eigenvalue weighted by molar-refractivity contribution is -0.124. The largest absolute Gasteiger partial charge is 0.355 e. The SMILES string of the molecule is NS(=O)(=O)c1ccc(CCNC(=O)C2c3ccccc3C(=O)N(C3CCCC3)C2c2cccs2)cc1. The zero-order valence-corrected chi connectivity index (χ0v) is 21.4. The van der Waals surface area contributed by atoms with Gasteiger partial charge in [-0.15, -0.1) is 11.3 Å². The number of carbonyl (C=O) groups is 2. The highest BCUT2D eigenvalue weighted by molar-refractivity contribution is 7.89. The van der Waals surface area contributed by atoms with Crippen LogP contribution in [0.15, 0.2) is 70.9 Å². The molecule has 1 aromatic heterocycles. The standard InChI is InChI=1S/C27H29N3O4S2/c28-36(33,34)20-13-11-18(12-14-20)15-16-29-26(31)24-21-8-3-4-9-22(21)27(32)30(19-6-1-2-7-19)25(24)23-10-5-17-35-23/h3-5,8-14,17,19,24-25H,1-2,6-7,15-16H2,(H,29,31)(H2,28,33,34). The van der Waals surface area contributed by atoms with Crippen LogP contribution in [0.4, 0.5) is 0 Å². The molecule has 0 saturated heterocycles. The van der Waals surface area contributed by atoms with Crippen LogP contribution in [0.25, 0.3) is 0 Å². The van der Waals surface area contributed by atoms with Crippen molar-refractivity contribution in [2.24, 2.45) is 5.14 Å². The molecule has 1 aliphatic heterocycles. The first-order valence-corrected chi connectivity index (χ1v) is 14.6. The summed E-state index contributed by atoms with van der Waals surface area (Å²) in [4.78, 5) is 30.6. The van der Waals surface area contributed by atoms with Crippen molar-refractivity contribution in [1.82, 2.24) is 10.2 Å². The monoisotopic (exact) mass is 523 g/mol. The Balaban J connectivity index is 1.41. The van der Waals surface area contributed by atoms with Gasteiger partial charge in [0.2, 0.25) is 15.9 Å². The molecule has 2 heterocycles. The molecule has 1 aliphatic carbocycles. The van der Waals surface area contributed by atoms with Gasteiger partial charge >= 0.3 is 0 Å². The van der Waals surface area contributed by atoms with Crippen LogP contribution in [-0.2, 0) is 21.2 Å². The number of nitrogens with zero attached hydrogens (tertiary/aromatic N) is 1. The van der Waals surface area contributed by atoms with E-state index in [1.807, 2.05) is 46.7 Å². The smallest absolute Gasteiger partial charge is 0.254 e. The predicted molar refractivity (Wildman–Crippen MR) is 139 cm³/mol. The number of rotatable bonds is 7. The summed E-state index contributed by atoms with van der Waals surface area (Å²) in [6.45, 7) is 0.390. The quantitative estimate of drug-likeness (QED) is 0.488. The van der Waals surface area contributed by atoms with Crippen LogP contribution in [-0.4, -0.2) is 37.7 Å². The zero-order chi connectivity index (χ0) is 25.3. The van der Waals surface area contributed by atoms with Gasteiger partial charge < -0.3 is 10.2 Å². The summed E-state index contributed by atoms with van der Waals surface area (Å²) in [6, 6.07) is 17.6. The van der Waals surface area contributed by atoms with Gasteiger partial charge in [0.15, 0.2) is 0 Å². The van der Waals surface area contributed by atoms with Gasteiger partial charge in [-0.25, -0.2) is 13.6 Å². The Morgan fingerprint density at radius 3 is 2.42 bits per heavy atom. The van der Waals surface area contributed by atoms with Gasteiger partial charge in [-0.05, 0) is 60.0 Å². The lowest BCUT2D eigenvalue weighted by Gasteiger charge is -2.44. The van der Waals surface area contributed by atoms with Crippen LogP contribution in [0.2, 0.25) is 0 Å². The first kappa shape index (κ1) is 24.7. The van der Waals surface area contributed by atoms with E-state index in [9.17, 15) is 18.0 Å². The number of nitrogens with one attached hydrogen (secondary N) is 1. The lowest BCUT2D eigenvalue weighted by Crippen LogP contribution is -2.50. The highest BCUT2D eigenvalue weighted by Crippen LogP contribution is 2.47. The molecule has 188 valence electrons. The molecule has 1 saturated carbocycles. The summed E-state index contributed by atoms with van der Waals surface area (Å²) in [5.41, 5.74) is 2.27. The number of carbonyl (C=O) groups excluding carboxylic acids is 2. The van der Waals surface area contributed by atoms with Crippen molar-refractivity contribution in [2.45, 2.75) is 55.0 Å². The fourth-order valence-electron chi connectivity index (χ4n) is 5.47. The number of fused-ring (bicyclic) bond motifs is 1. The molecule has 2 aromatic carbocycles. The number of amides is 2. The zero-order valence-electron chi connectivity index (χ0n) is 19.8. The topological polar surface area (TPSA) is 110 Å². The molecular formula is C27H29N3O4S2. The van der Waals surface area contributed by atoms with E-state index < -0.39 is 15.9 Å². The molecule has 2 amide bonds. The van der Waals surface area contributed by atoms with Gasteiger partial charge in [0.05, 0.1) is 16.9 Å². The molecule has 2 unspecified atom stereocenters. The van der Waals surface area contributed by atoms with E-state index >= 15 is 0 Å². The highest BCUT2D eigenvalue weighted by atomic mass is 32.2. The second-order valence-electron chi connectivity index (χ2n) is 9.41. The van der Waals surface area contributed by atoms with Gasteiger partial charge in [-0.3, -0.25) is 9.59 Å². The molecule has 1 fully saturated rings. The van der Waals surface area contributed by atoms with E-state index in [2.05, 4.69) is 5.32 Å². The Morgan fingerprint density at radius 1 is 1.03 bits per heavy atom. The summed E-state index contributed by atoms with van der Waals surface area (Å²) in [6.07, 6.45) is 4.64. The van der Waals surface area contributed by atoms with Crippen LogP contribution in [0.5, 0.6) is 0 Å². The Morgan fingerprint density at radius 2 is 1.75 bits per heavy atom. The van der Waals surface area contributed by atoms with E-state index in [-0.39, 0.29) is 28.8 Å². The maximum Gasteiger partial charge on any atom is 0.254 e. The molecule has 0 bridgehead atoms. The van der Waals surface area contributed by atoms with Crippen LogP contribution >= 0.6 is 11.3 Å². The molecule has 36 heavy (non-hydrogen) atoms. The third-order valence-corrected chi connectivity index (χ3v) is 9.05. The molecule has 2 atom stereocenters. The third-order valence-electron chi connectivity index (χ3n) is 7.18. The van der Waals surface area contributed by atoms with Crippen LogP contribution in [0, 0.1) is 0 Å². The molecular weight excluding hydrogens is 494 g/mol. The number of hydrogen-bond donors (Lipinski definition) is 2. The van der Waals surface area contributed by atoms with E-state index in [0.717, 1.165) is 41.7 Å². The number of hydrogen-bond acceptors (Lipinski definition) is 5. The van der Waals surface area contributed by atoms with Crippen LogP contribution in [0.1, 0.15) is 64.0 Å². The summed E-state index contributed by atoms with van der Waals surface area (Å²) in [7, 11) is -3.74. The minimum atomic E-state index is -3.74. The average molecular weight is 524 g/mol. The number of nitrogens with two attached hydrogens (primary N) is 1. The van der Waals surface area contributed by atoms with Crippen LogP contribution < -0.4 is 10.5 Å². The van der Waals surface area contributed by atoms with Gasteiger partial charge in [0.25, 0.3) is 5.91 Å². The summed E-state index contributed by atoms with van der Waals surface area (Å²) in [5, 5.41) is 10.3. The number of thiophene rings is 1. The summed E-state index contributed by atoms with van der Waals surface area (Å²) in [5.74, 6) is -0.615. The first-order chi connectivity index (χ1) is 17.3. The highest BCUT2D eigenvalue weighted by Gasteiger charge is 2.47. The maximum absolute atomic E-state index is 13.8. The minimum Gasteiger partial charge on any atom is -0.355 e. The molecule has 3 N–H and O–H groups in total. The molecule has 7 nitrogen and oxygen atoms in total. The lowest BCUT2D eigenvalue weighted by atomic mass is 9.80. The Bertz CT molecular complexity index is 1350. The fraction of sp³-hybridized carbons (Fsp3) is 0.333. The Labute approximate surface area is 215 Å². The molecule has 0 radical (unpaired) electrons. The molecule has 2 aliphatic rings. The van der Waals surface area contributed by atoms with E-state index in [1.54, 1.807) is 23.5 Å². The van der Waals surface area contributed by atoms with Crippen molar-refractivity contribution in [1.29, 1.82) is 0 Å². The second-order valence-corrected chi connectivity index (χ2v) is 11.9. The summed E-state index contributed by atoms with van der Waals surface area (Å²) >= 11 is 1.58. The Hall–Kier alpha value is -3.01. The number of primary sulfonamides is 1. The van der Waals surface area contributed by atoms with Crippen molar-refractivity contribution in [3.05, 3.63) is 87.6 Å². The van der Waals surface area contributed by atoms with E-state index in [1.165, 1.54) is 12.1 Å².